The van der Waals surface area contributed by atoms with Crippen LogP contribution in [0.15, 0.2) is 23.1 Å². The van der Waals surface area contributed by atoms with Crippen molar-refractivity contribution < 1.29 is 13.5 Å². The van der Waals surface area contributed by atoms with Gasteiger partial charge in [-0.1, -0.05) is 6.07 Å². The van der Waals surface area contributed by atoms with Gasteiger partial charge >= 0.3 is 0 Å². The molecule has 2 aliphatic rings. The Morgan fingerprint density at radius 2 is 1.95 bits per heavy atom. The van der Waals surface area contributed by atoms with Crippen molar-refractivity contribution in [1.29, 1.82) is 0 Å². The predicted octanol–water partition coefficient (Wildman–Crippen LogP) is 1.96. The number of sulfonamides is 1. The molecule has 3 rings (SSSR count). The topological polar surface area (TPSA) is 57.6 Å². The lowest BCUT2D eigenvalue weighted by atomic mass is 9.92. The van der Waals surface area contributed by atoms with Gasteiger partial charge in [0, 0.05) is 13.1 Å². The van der Waals surface area contributed by atoms with Gasteiger partial charge in [-0.2, -0.15) is 4.31 Å². The van der Waals surface area contributed by atoms with Crippen molar-refractivity contribution in [2.75, 3.05) is 13.1 Å². The maximum Gasteiger partial charge on any atom is 0.243 e. The zero-order chi connectivity index (χ0) is 15.0. The van der Waals surface area contributed by atoms with Gasteiger partial charge in [0.15, 0.2) is 0 Å². The molecule has 0 aromatic heterocycles. The molecule has 0 saturated carbocycles. The summed E-state index contributed by atoms with van der Waals surface area (Å²) in [6.45, 7) is 2.67. The van der Waals surface area contributed by atoms with Crippen LogP contribution in [0.2, 0.25) is 0 Å². The molecule has 1 aliphatic carbocycles. The van der Waals surface area contributed by atoms with Crippen LogP contribution >= 0.6 is 0 Å². The molecule has 1 N–H and O–H groups in total. The molecule has 1 fully saturated rings. The molecule has 1 heterocycles. The summed E-state index contributed by atoms with van der Waals surface area (Å²) in [5.41, 5.74) is 2.48. The molecule has 1 aromatic rings. The summed E-state index contributed by atoms with van der Waals surface area (Å²) in [7, 11) is -3.42. The van der Waals surface area contributed by atoms with E-state index in [1.807, 2.05) is 12.1 Å². The van der Waals surface area contributed by atoms with E-state index < -0.39 is 16.1 Å². The van der Waals surface area contributed by atoms with Gasteiger partial charge in [-0.25, -0.2) is 8.42 Å². The van der Waals surface area contributed by atoms with Gasteiger partial charge in [0.25, 0.3) is 0 Å². The molecule has 2 atom stereocenters. The first-order valence-electron chi connectivity index (χ1n) is 7.78. The number of aryl methyl sites for hydroxylation is 2. The molecule has 0 spiro atoms. The molecule has 4 nitrogen and oxygen atoms in total. The van der Waals surface area contributed by atoms with Gasteiger partial charge in [0.2, 0.25) is 10.0 Å². The van der Waals surface area contributed by atoms with Crippen LogP contribution in [0.3, 0.4) is 0 Å². The SMILES string of the molecule is CC(O)C1CCN(S(=O)(=O)c2ccc3c(c2)CCCC3)C1. The van der Waals surface area contributed by atoms with E-state index in [1.54, 1.807) is 13.0 Å². The molecule has 0 amide bonds. The number of benzene rings is 1. The van der Waals surface area contributed by atoms with E-state index in [4.69, 9.17) is 0 Å². The Kier molecular flexibility index (Phi) is 4.08. The highest BCUT2D eigenvalue weighted by Crippen LogP contribution is 2.29. The van der Waals surface area contributed by atoms with Crippen LogP contribution in [0, 0.1) is 5.92 Å². The second kappa shape index (κ2) is 5.71. The number of aliphatic hydroxyl groups is 1. The molecule has 0 bridgehead atoms. The lowest BCUT2D eigenvalue weighted by molar-refractivity contribution is 0.133. The summed E-state index contributed by atoms with van der Waals surface area (Å²) in [5.74, 6) is 0.0532. The van der Waals surface area contributed by atoms with Crippen molar-refractivity contribution in [2.45, 2.75) is 50.0 Å². The first-order valence-corrected chi connectivity index (χ1v) is 9.22. The van der Waals surface area contributed by atoms with E-state index in [-0.39, 0.29) is 5.92 Å². The molecule has 21 heavy (non-hydrogen) atoms. The number of rotatable bonds is 3. The minimum atomic E-state index is -3.42. The van der Waals surface area contributed by atoms with Crippen LogP contribution in [0.1, 0.15) is 37.3 Å². The lowest BCUT2D eigenvalue weighted by Crippen LogP contribution is -2.30. The standard InChI is InChI=1S/C16H23NO3S/c1-12(18)15-8-9-17(11-15)21(19,20)16-7-6-13-4-2-3-5-14(13)10-16/h6-7,10,12,15,18H,2-5,8-9,11H2,1H3. The Balaban J connectivity index is 1.85. The number of nitrogens with zero attached hydrogens (tertiary/aromatic N) is 1. The summed E-state index contributed by atoms with van der Waals surface area (Å²) in [4.78, 5) is 0.411. The number of hydrogen-bond donors (Lipinski definition) is 1. The fraction of sp³-hybridized carbons (Fsp3) is 0.625. The number of hydrogen-bond acceptors (Lipinski definition) is 3. The third-order valence-electron chi connectivity index (χ3n) is 4.83. The van der Waals surface area contributed by atoms with Crippen molar-refractivity contribution in [3.05, 3.63) is 29.3 Å². The van der Waals surface area contributed by atoms with E-state index in [2.05, 4.69) is 0 Å². The Morgan fingerprint density at radius 1 is 1.24 bits per heavy atom. The normalized spacial score (nSPS) is 24.8. The minimum absolute atomic E-state index is 0.0532. The van der Waals surface area contributed by atoms with Crippen LogP contribution in [0.25, 0.3) is 0 Å². The molecule has 116 valence electrons. The van der Waals surface area contributed by atoms with E-state index in [9.17, 15) is 13.5 Å². The monoisotopic (exact) mass is 309 g/mol. The van der Waals surface area contributed by atoms with Gasteiger partial charge in [-0.15, -0.1) is 0 Å². The maximum absolute atomic E-state index is 12.7. The summed E-state index contributed by atoms with van der Waals surface area (Å²) in [6, 6.07) is 5.58. The van der Waals surface area contributed by atoms with Crippen molar-refractivity contribution >= 4 is 10.0 Å². The molecular formula is C16H23NO3S. The molecule has 5 heteroatoms. The highest BCUT2D eigenvalue weighted by molar-refractivity contribution is 7.89. The summed E-state index contributed by atoms with van der Waals surface area (Å²) in [5, 5.41) is 9.64. The van der Waals surface area contributed by atoms with Crippen molar-refractivity contribution in [1.82, 2.24) is 4.31 Å². The van der Waals surface area contributed by atoms with E-state index in [0.717, 1.165) is 25.7 Å². The molecule has 1 aromatic carbocycles. The fourth-order valence-electron chi connectivity index (χ4n) is 3.39. The summed E-state index contributed by atoms with van der Waals surface area (Å²) < 4.78 is 27.0. The van der Waals surface area contributed by atoms with Crippen molar-refractivity contribution in [2.24, 2.45) is 5.92 Å². The number of fused-ring (bicyclic) bond motifs is 1. The number of aliphatic hydroxyl groups excluding tert-OH is 1. The second-order valence-corrected chi connectivity index (χ2v) is 8.23. The minimum Gasteiger partial charge on any atom is -0.393 e. The van der Waals surface area contributed by atoms with Crippen LogP contribution in [-0.2, 0) is 22.9 Å². The van der Waals surface area contributed by atoms with E-state index >= 15 is 0 Å². The average Bonchev–Trinajstić information content (AvgIpc) is 2.97. The first-order chi connectivity index (χ1) is 9.98. The summed E-state index contributed by atoms with van der Waals surface area (Å²) >= 11 is 0. The van der Waals surface area contributed by atoms with Gasteiger partial charge < -0.3 is 5.11 Å². The quantitative estimate of drug-likeness (QED) is 0.928. The Hall–Kier alpha value is -0.910. The van der Waals surface area contributed by atoms with Crippen LogP contribution in [0.5, 0.6) is 0 Å². The average molecular weight is 309 g/mol. The Morgan fingerprint density at radius 3 is 2.62 bits per heavy atom. The van der Waals surface area contributed by atoms with Gasteiger partial charge in [-0.05, 0) is 68.2 Å². The molecular weight excluding hydrogens is 286 g/mol. The molecule has 0 radical (unpaired) electrons. The van der Waals surface area contributed by atoms with Gasteiger partial charge in [0.05, 0.1) is 11.0 Å². The van der Waals surface area contributed by atoms with E-state index in [0.29, 0.717) is 18.0 Å². The highest BCUT2D eigenvalue weighted by Gasteiger charge is 2.34. The molecule has 2 unspecified atom stereocenters. The Bertz CT molecular complexity index is 624. The molecule has 1 aliphatic heterocycles. The van der Waals surface area contributed by atoms with Crippen LogP contribution in [-0.4, -0.2) is 37.0 Å². The van der Waals surface area contributed by atoms with Crippen molar-refractivity contribution in [3.8, 4) is 0 Å². The zero-order valence-electron chi connectivity index (χ0n) is 12.5. The maximum atomic E-state index is 12.7. The summed E-state index contributed by atoms with van der Waals surface area (Å²) in [6.07, 6.45) is 4.67. The Labute approximate surface area is 126 Å². The predicted molar refractivity (Wildman–Crippen MR) is 81.6 cm³/mol. The smallest absolute Gasteiger partial charge is 0.243 e. The van der Waals surface area contributed by atoms with Crippen molar-refractivity contribution in [3.63, 3.8) is 0 Å². The van der Waals surface area contributed by atoms with Gasteiger partial charge in [0.1, 0.15) is 0 Å². The van der Waals surface area contributed by atoms with E-state index in [1.165, 1.54) is 21.9 Å². The van der Waals surface area contributed by atoms with Gasteiger partial charge in [-0.3, -0.25) is 0 Å². The largest absolute Gasteiger partial charge is 0.393 e. The zero-order valence-corrected chi connectivity index (χ0v) is 13.3. The third-order valence-corrected chi connectivity index (χ3v) is 6.69. The highest BCUT2D eigenvalue weighted by atomic mass is 32.2. The van der Waals surface area contributed by atoms with Crippen LogP contribution < -0.4 is 0 Å². The fourth-order valence-corrected chi connectivity index (χ4v) is 4.95. The second-order valence-electron chi connectivity index (χ2n) is 6.29. The molecule has 1 saturated heterocycles. The third kappa shape index (κ3) is 2.87. The first kappa shape index (κ1) is 15.0. The van der Waals surface area contributed by atoms with Crippen LogP contribution in [0.4, 0.5) is 0 Å². The lowest BCUT2D eigenvalue weighted by Gasteiger charge is -2.20.